The minimum absolute atomic E-state index is 0.0554. The summed E-state index contributed by atoms with van der Waals surface area (Å²) in [5.41, 5.74) is 4.53. The Labute approximate surface area is 102 Å². The Kier molecular flexibility index (Phi) is 4.34. The number of halogens is 1. The van der Waals surface area contributed by atoms with E-state index in [2.05, 4.69) is 0 Å². The Bertz CT molecular complexity index is 382. The molecule has 1 atom stereocenters. The van der Waals surface area contributed by atoms with Crippen LogP contribution in [0.25, 0.3) is 0 Å². The van der Waals surface area contributed by atoms with E-state index in [1.54, 1.807) is 25.3 Å². The molecule has 3 nitrogen and oxygen atoms in total. The summed E-state index contributed by atoms with van der Waals surface area (Å²) in [4.78, 5) is 0. The fraction of sp³-hybridized carbons (Fsp3) is 0.538. The van der Waals surface area contributed by atoms with E-state index in [1.165, 1.54) is 7.11 Å². The van der Waals surface area contributed by atoms with Crippen LogP contribution in [0.3, 0.4) is 0 Å². The van der Waals surface area contributed by atoms with Crippen molar-refractivity contribution in [2.45, 2.75) is 19.5 Å². The smallest absolute Gasteiger partial charge is 0.161 e. The Morgan fingerprint density at radius 1 is 1.24 bits per heavy atom. The van der Waals surface area contributed by atoms with E-state index in [0.29, 0.717) is 17.1 Å². The molecule has 0 saturated carbocycles. The first-order valence-electron chi connectivity index (χ1n) is 5.61. The number of hydrogen-bond acceptors (Lipinski definition) is 3. The van der Waals surface area contributed by atoms with Crippen molar-refractivity contribution in [3.63, 3.8) is 0 Å². The highest BCUT2D eigenvalue weighted by atomic mass is 19.1. The van der Waals surface area contributed by atoms with Gasteiger partial charge in [0.05, 0.1) is 14.2 Å². The topological polar surface area (TPSA) is 44.5 Å². The maximum absolute atomic E-state index is 14.7. The Balaban J connectivity index is 3.23. The number of nitrogens with two attached hydrogens (primary N) is 1. The second-order valence-electron chi connectivity index (χ2n) is 4.29. The largest absolute Gasteiger partial charge is 0.493 e. The van der Waals surface area contributed by atoms with E-state index in [0.717, 1.165) is 0 Å². The third kappa shape index (κ3) is 2.52. The van der Waals surface area contributed by atoms with E-state index >= 15 is 0 Å². The van der Waals surface area contributed by atoms with Crippen molar-refractivity contribution >= 4 is 0 Å². The molecule has 17 heavy (non-hydrogen) atoms. The van der Waals surface area contributed by atoms with E-state index in [-0.39, 0.29) is 12.5 Å². The van der Waals surface area contributed by atoms with Gasteiger partial charge in [0.15, 0.2) is 17.2 Å². The Morgan fingerprint density at radius 2 is 1.82 bits per heavy atom. The molecule has 0 heterocycles. The molecule has 1 unspecified atom stereocenters. The average molecular weight is 241 g/mol. The van der Waals surface area contributed by atoms with Gasteiger partial charge in [-0.25, -0.2) is 4.39 Å². The standard InChI is InChI=1S/C13H20FNO2/c1-9(2)13(14,8-15)10-5-6-11(16-3)12(7-10)17-4/h5-7,9H,8,15H2,1-4H3. The van der Waals surface area contributed by atoms with Crippen LogP contribution in [0.5, 0.6) is 11.5 Å². The van der Waals surface area contributed by atoms with Gasteiger partial charge in [0.2, 0.25) is 0 Å². The molecule has 1 aromatic rings. The summed E-state index contributed by atoms with van der Waals surface area (Å²) < 4.78 is 25.0. The number of benzene rings is 1. The minimum Gasteiger partial charge on any atom is -0.493 e. The fourth-order valence-corrected chi connectivity index (χ4v) is 1.78. The molecule has 1 rings (SSSR count). The van der Waals surface area contributed by atoms with Gasteiger partial charge in [-0.2, -0.15) is 0 Å². The van der Waals surface area contributed by atoms with Gasteiger partial charge >= 0.3 is 0 Å². The predicted octanol–water partition coefficient (Wildman–Crippen LogP) is 2.48. The normalized spacial score (nSPS) is 14.5. The lowest BCUT2D eigenvalue weighted by Gasteiger charge is -2.28. The van der Waals surface area contributed by atoms with Gasteiger partial charge in [-0.1, -0.05) is 19.9 Å². The van der Waals surface area contributed by atoms with Gasteiger partial charge in [0.1, 0.15) is 0 Å². The lowest BCUT2D eigenvalue weighted by Crippen LogP contribution is -2.35. The van der Waals surface area contributed by atoms with Gasteiger partial charge in [0.25, 0.3) is 0 Å². The molecule has 4 heteroatoms. The van der Waals surface area contributed by atoms with Crippen molar-refractivity contribution in [1.82, 2.24) is 0 Å². The van der Waals surface area contributed by atoms with Crippen LogP contribution < -0.4 is 15.2 Å². The van der Waals surface area contributed by atoms with Gasteiger partial charge in [-0.05, 0) is 23.6 Å². The molecular weight excluding hydrogens is 221 g/mol. The first kappa shape index (κ1) is 13.8. The van der Waals surface area contributed by atoms with Gasteiger partial charge in [0, 0.05) is 6.54 Å². The first-order valence-corrected chi connectivity index (χ1v) is 5.61. The molecule has 0 aromatic heterocycles. The Morgan fingerprint density at radius 3 is 2.24 bits per heavy atom. The lowest BCUT2D eigenvalue weighted by molar-refractivity contribution is 0.109. The molecule has 2 N–H and O–H groups in total. The second-order valence-corrected chi connectivity index (χ2v) is 4.29. The molecule has 0 aliphatic rings. The number of alkyl halides is 1. The van der Waals surface area contributed by atoms with Crippen LogP contribution in [-0.2, 0) is 5.67 Å². The summed E-state index contributed by atoms with van der Waals surface area (Å²) >= 11 is 0. The molecule has 1 aromatic carbocycles. The van der Waals surface area contributed by atoms with Crippen molar-refractivity contribution in [3.8, 4) is 11.5 Å². The average Bonchev–Trinajstić information content (AvgIpc) is 2.36. The van der Waals surface area contributed by atoms with E-state index < -0.39 is 5.67 Å². The number of rotatable bonds is 5. The highest BCUT2D eigenvalue weighted by molar-refractivity contribution is 5.44. The molecule has 96 valence electrons. The zero-order valence-electron chi connectivity index (χ0n) is 10.8. The maximum Gasteiger partial charge on any atom is 0.161 e. The van der Waals surface area contributed by atoms with Crippen LogP contribution in [-0.4, -0.2) is 20.8 Å². The summed E-state index contributed by atoms with van der Waals surface area (Å²) in [6.07, 6.45) is 0. The number of ether oxygens (including phenoxy) is 2. The van der Waals surface area contributed by atoms with E-state index in [9.17, 15) is 4.39 Å². The molecule has 0 radical (unpaired) electrons. The summed E-state index contributed by atoms with van der Waals surface area (Å²) in [6.45, 7) is 3.56. The maximum atomic E-state index is 14.7. The van der Waals surface area contributed by atoms with Crippen LogP contribution in [0.4, 0.5) is 4.39 Å². The first-order chi connectivity index (χ1) is 7.99. The fourth-order valence-electron chi connectivity index (χ4n) is 1.78. The second kappa shape index (κ2) is 5.36. The van der Waals surface area contributed by atoms with Crippen LogP contribution in [0.1, 0.15) is 19.4 Å². The Hall–Kier alpha value is -1.29. The summed E-state index contributed by atoms with van der Waals surface area (Å²) in [7, 11) is 3.07. The van der Waals surface area contributed by atoms with Crippen molar-refractivity contribution in [2.75, 3.05) is 20.8 Å². The van der Waals surface area contributed by atoms with E-state index in [1.807, 2.05) is 13.8 Å². The van der Waals surface area contributed by atoms with Crippen molar-refractivity contribution in [2.24, 2.45) is 11.7 Å². The van der Waals surface area contributed by atoms with E-state index in [4.69, 9.17) is 15.2 Å². The molecule has 0 fully saturated rings. The van der Waals surface area contributed by atoms with Crippen LogP contribution in [0.15, 0.2) is 18.2 Å². The highest BCUT2D eigenvalue weighted by Crippen LogP contribution is 2.37. The third-order valence-corrected chi connectivity index (χ3v) is 3.08. The molecule has 0 saturated heterocycles. The van der Waals surface area contributed by atoms with Gasteiger partial charge < -0.3 is 15.2 Å². The molecular formula is C13H20FNO2. The molecule has 0 bridgehead atoms. The SMILES string of the molecule is COc1ccc(C(F)(CN)C(C)C)cc1OC. The quantitative estimate of drug-likeness (QED) is 0.861. The van der Waals surface area contributed by atoms with Crippen LogP contribution in [0.2, 0.25) is 0 Å². The molecule has 0 aliphatic heterocycles. The monoisotopic (exact) mass is 241 g/mol. The number of methoxy groups -OCH3 is 2. The third-order valence-electron chi connectivity index (χ3n) is 3.08. The summed E-state index contributed by atoms with van der Waals surface area (Å²) in [6, 6.07) is 5.03. The summed E-state index contributed by atoms with van der Waals surface area (Å²) in [5, 5.41) is 0. The number of hydrogen-bond donors (Lipinski definition) is 1. The molecule has 0 aliphatic carbocycles. The zero-order chi connectivity index (χ0) is 13.1. The molecule has 0 amide bonds. The van der Waals surface area contributed by atoms with Crippen molar-refractivity contribution < 1.29 is 13.9 Å². The van der Waals surface area contributed by atoms with Crippen molar-refractivity contribution in [1.29, 1.82) is 0 Å². The minimum atomic E-state index is -1.54. The highest BCUT2D eigenvalue weighted by Gasteiger charge is 2.34. The van der Waals surface area contributed by atoms with Crippen molar-refractivity contribution in [3.05, 3.63) is 23.8 Å². The van der Waals surface area contributed by atoms with Crippen LogP contribution in [0, 0.1) is 5.92 Å². The van der Waals surface area contributed by atoms with Gasteiger partial charge in [-0.15, -0.1) is 0 Å². The zero-order valence-corrected chi connectivity index (χ0v) is 10.8. The van der Waals surface area contributed by atoms with Crippen LogP contribution >= 0.6 is 0 Å². The lowest BCUT2D eigenvalue weighted by atomic mass is 9.85. The predicted molar refractivity (Wildman–Crippen MR) is 66.2 cm³/mol. The summed E-state index contributed by atoms with van der Waals surface area (Å²) in [5.74, 6) is 0.895. The van der Waals surface area contributed by atoms with Gasteiger partial charge in [-0.3, -0.25) is 0 Å². The molecule has 0 spiro atoms.